The maximum Gasteiger partial charge on any atom is 0.407 e. The quantitative estimate of drug-likeness (QED) is 0.480. The molecule has 1 aromatic carbocycles. The smallest absolute Gasteiger partial charge is 0.407 e. The minimum absolute atomic E-state index is 0.0271. The first-order chi connectivity index (χ1) is 13.2. The van der Waals surface area contributed by atoms with E-state index in [1.807, 2.05) is 30.3 Å². The summed E-state index contributed by atoms with van der Waals surface area (Å²) in [5.74, 6) is -0.776. The van der Waals surface area contributed by atoms with Crippen molar-refractivity contribution in [1.82, 2.24) is 10.2 Å². The van der Waals surface area contributed by atoms with Gasteiger partial charge in [-0.3, -0.25) is 14.5 Å². The summed E-state index contributed by atoms with van der Waals surface area (Å²) in [6.45, 7) is 8.05. The van der Waals surface area contributed by atoms with Crippen LogP contribution >= 0.6 is 0 Å². The number of nitrogens with zero attached hydrogens (tertiary/aromatic N) is 1. The van der Waals surface area contributed by atoms with Crippen LogP contribution in [0.1, 0.15) is 33.3 Å². The van der Waals surface area contributed by atoms with E-state index < -0.39 is 11.7 Å². The Morgan fingerprint density at radius 3 is 2.32 bits per heavy atom. The molecular weight excluding hydrogens is 364 g/mol. The number of rotatable bonds is 10. The normalized spacial score (nSPS) is 11.0. The Morgan fingerprint density at radius 1 is 1.04 bits per heavy atom. The number of benzene rings is 1. The number of carbonyl (C=O) groups excluding carboxylic acids is 3. The first-order valence-electron chi connectivity index (χ1n) is 9.18. The van der Waals surface area contributed by atoms with Crippen molar-refractivity contribution in [2.24, 2.45) is 0 Å². The average molecular weight is 394 g/mol. The van der Waals surface area contributed by atoms with Crippen molar-refractivity contribution in [3.05, 3.63) is 35.9 Å². The second-order valence-corrected chi connectivity index (χ2v) is 7.19. The van der Waals surface area contributed by atoms with Crippen molar-refractivity contribution in [2.45, 2.75) is 39.9 Å². The molecule has 1 aromatic rings. The van der Waals surface area contributed by atoms with Crippen LogP contribution in [0.2, 0.25) is 0 Å². The molecule has 0 bridgehead atoms. The summed E-state index contributed by atoms with van der Waals surface area (Å²) in [5, 5.41) is 2.64. The van der Waals surface area contributed by atoms with Gasteiger partial charge in [-0.1, -0.05) is 30.3 Å². The minimum Gasteiger partial charge on any atom is -0.465 e. The molecule has 156 valence electrons. The van der Waals surface area contributed by atoms with Gasteiger partial charge in [-0.25, -0.2) is 4.79 Å². The molecule has 0 atom stereocenters. The zero-order valence-corrected chi connectivity index (χ0v) is 17.0. The molecule has 0 aliphatic rings. The highest BCUT2D eigenvalue weighted by atomic mass is 16.6. The molecule has 0 saturated carbocycles. The second-order valence-electron chi connectivity index (χ2n) is 7.19. The molecule has 1 amide bonds. The fourth-order valence-electron chi connectivity index (χ4n) is 2.23. The molecule has 8 heteroatoms. The highest BCUT2D eigenvalue weighted by Crippen LogP contribution is 2.07. The Morgan fingerprint density at radius 2 is 1.71 bits per heavy atom. The maximum atomic E-state index is 12.0. The summed E-state index contributed by atoms with van der Waals surface area (Å²) in [7, 11) is 0. The van der Waals surface area contributed by atoms with Crippen LogP contribution in [0.25, 0.3) is 0 Å². The van der Waals surface area contributed by atoms with Crippen LogP contribution in [0.4, 0.5) is 4.79 Å². The Balaban J connectivity index is 2.40. The molecule has 1 rings (SSSR count). The predicted octanol–water partition coefficient (Wildman–Crippen LogP) is 2.12. The summed E-state index contributed by atoms with van der Waals surface area (Å²) in [6, 6.07) is 9.36. The molecular formula is C20H30N2O6. The lowest BCUT2D eigenvalue weighted by Crippen LogP contribution is -2.41. The molecule has 0 aliphatic carbocycles. The molecule has 28 heavy (non-hydrogen) atoms. The summed E-state index contributed by atoms with van der Waals surface area (Å²) in [4.78, 5) is 36.5. The van der Waals surface area contributed by atoms with Gasteiger partial charge in [0.2, 0.25) is 0 Å². The van der Waals surface area contributed by atoms with E-state index in [9.17, 15) is 14.4 Å². The third kappa shape index (κ3) is 11.9. The number of amides is 1. The first-order valence-corrected chi connectivity index (χ1v) is 9.18. The van der Waals surface area contributed by atoms with Gasteiger partial charge in [0, 0.05) is 26.6 Å². The fourth-order valence-corrected chi connectivity index (χ4v) is 2.23. The van der Waals surface area contributed by atoms with Crippen LogP contribution < -0.4 is 5.32 Å². The van der Waals surface area contributed by atoms with Crippen molar-refractivity contribution in [3.63, 3.8) is 0 Å². The van der Waals surface area contributed by atoms with E-state index in [1.165, 1.54) is 6.92 Å². The summed E-state index contributed by atoms with van der Waals surface area (Å²) in [6.07, 6.45) is -0.541. The molecule has 0 aliphatic heterocycles. The largest absolute Gasteiger partial charge is 0.465 e. The Hall–Kier alpha value is -2.61. The number of hydrogen-bond acceptors (Lipinski definition) is 7. The van der Waals surface area contributed by atoms with Gasteiger partial charge in [-0.2, -0.15) is 0 Å². The lowest BCUT2D eigenvalue weighted by molar-refractivity contribution is -0.156. The van der Waals surface area contributed by atoms with Crippen LogP contribution in [-0.4, -0.2) is 61.3 Å². The molecule has 0 saturated heterocycles. The van der Waals surface area contributed by atoms with E-state index in [0.717, 1.165) is 5.56 Å². The van der Waals surface area contributed by atoms with Crippen LogP contribution in [0.3, 0.4) is 0 Å². The van der Waals surface area contributed by atoms with Crippen LogP contribution in [0.5, 0.6) is 0 Å². The lowest BCUT2D eigenvalue weighted by atomic mass is 10.2. The fraction of sp³-hybridized carbons (Fsp3) is 0.550. The van der Waals surface area contributed by atoms with Crippen molar-refractivity contribution >= 4 is 18.0 Å². The molecule has 0 radical (unpaired) electrons. The van der Waals surface area contributed by atoms with Crippen molar-refractivity contribution in [3.8, 4) is 0 Å². The summed E-state index contributed by atoms with van der Waals surface area (Å²) in [5.41, 5.74) is 0.309. The van der Waals surface area contributed by atoms with Gasteiger partial charge in [0.05, 0.1) is 6.54 Å². The number of hydrogen-bond donors (Lipinski definition) is 1. The number of esters is 2. The van der Waals surface area contributed by atoms with Crippen LogP contribution in [-0.2, 0) is 30.4 Å². The van der Waals surface area contributed by atoms with Gasteiger partial charge in [0.25, 0.3) is 0 Å². The third-order valence-electron chi connectivity index (χ3n) is 3.40. The number of nitrogens with one attached hydrogen (secondary N) is 1. The van der Waals surface area contributed by atoms with E-state index >= 15 is 0 Å². The van der Waals surface area contributed by atoms with E-state index in [0.29, 0.717) is 13.1 Å². The zero-order chi connectivity index (χ0) is 21.0. The SMILES string of the molecule is CC(=O)OCCN(CCNC(=O)OCc1ccccc1)CC(=O)OC(C)(C)C. The molecule has 0 heterocycles. The van der Waals surface area contributed by atoms with E-state index in [4.69, 9.17) is 14.2 Å². The molecule has 0 fully saturated rings. The van der Waals surface area contributed by atoms with Gasteiger partial charge in [-0.05, 0) is 26.3 Å². The highest BCUT2D eigenvalue weighted by molar-refractivity contribution is 5.72. The van der Waals surface area contributed by atoms with E-state index in [1.54, 1.807) is 25.7 Å². The predicted molar refractivity (Wildman–Crippen MR) is 104 cm³/mol. The minimum atomic E-state index is -0.585. The van der Waals surface area contributed by atoms with Crippen molar-refractivity contribution in [2.75, 3.05) is 32.8 Å². The van der Waals surface area contributed by atoms with Gasteiger partial charge < -0.3 is 19.5 Å². The standard InChI is InChI=1S/C20H30N2O6/c1-16(23)26-13-12-22(14-18(24)28-20(2,3)4)11-10-21-19(25)27-15-17-8-6-5-7-9-17/h5-9H,10-15H2,1-4H3,(H,21,25). The molecule has 0 aromatic heterocycles. The molecule has 0 unspecified atom stereocenters. The second kappa shape index (κ2) is 12.0. The molecule has 8 nitrogen and oxygen atoms in total. The topological polar surface area (TPSA) is 94.2 Å². The number of carbonyl (C=O) groups is 3. The lowest BCUT2D eigenvalue weighted by Gasteiger charge is -2.24. The van der Waals surface area contributed by atoms with Gasteiger partial charge in [0.1, 0.15) is 18.8 Å². The molecule has 0 spiro atoms. The Labute approximate surface area is 166 Å². The summed E-state index contributed by atoms with van der Waals surface area (Å²) >= 11 is 0. The Kier molecular flexibility index (Phi) is 10.0. The van der Waals surface area contributed by atoms with Gasteiger partial charge in [0.15, 0.2) is 0 Å². The highest BCUT2D eigenvalue weighted by Gasteiger charge is 2.19. The van der Waals surface area contributed by atoms with Gasteiger partial charge >= 0.3 is 18.0 Å². The number of ether oxygens (including phenoxy) is 3. The summed E-state index contributed by atoms with van der Waals surface area (Å²) < 4.78 is 15.4. The van der Waals surface area contributed by atoms with E-state index in [-0.39, 0.29) is 38.2 Å². The number of alkyl carbamates (subject to hydrolysis) is 1. The Bertz CT molecular complexity index is 627. The zero-order valence-electron chi connectivity index (χ0n) is 17.0. The van der Waals surface area contributed by atoms with Crippen LogP contribution in [0, 0.1) is 0 Å². The third-order valence-corrected chi connectivity index (χ3v) is 3.40. The average Bonchev–Trinajstić information content (AvgIpc) is 2.58. The van der Waals surface area contributed by atoms with Crippen molar-refractivity contribution in [1.29, 1.82) is 0 Å². The molecule has 1 N–H and O–H groups in total. The monoisotopic (exact) mass is 394 g/mol. The van der Waals surface area contributed by atoms with E-state index in [2.05, 4.69) is 5.32 Å². The van der Waals surface area contributed by atoms with Crippen molar-refractivity contribution < 1.29 is 28.6 Å². The maximum absolute atomic E-state index is 12.0. The van der Waals surface area contributed by atoms with Crippen LogP contribution in [0.15, 0.2) is 30.3 Å². The van der Waals surface area contributed by atoms with Gasteiger partial charge in [-0.15, -0.1) is 0 Å². The first kappa shape index (κ1) is 23.4.